The van der Waals surface area contributed by atoms with Gasteiger partial charge in [0.25, 0.3) is 0 Å². The fourth-order valence-corrected chi connectivity index (χ4v) is 2.44. The van der Waals surface area contributed by atoms with E-state index < -0.39 is 11.6 Å². The largest absolute Gasteiger partial charge is 0.381 e. The molecule has 2 rings (SSSR count). The summed E-state index contributed by atoms with van der Waals surface area (Å²) in [6.45, 7) is 1.23. The van der Waals surface area contributed by atoms with Gasteiger partial charge in [0.1, 0.15) is 17.4 Å². The molecule has 1 heterocycles. The Labute approximate surface area is 112 Å². The van der Waals surface area contributed by atoms with Crippen molar-refractivity contribution in [3.63, 3.8) is 0 Å². The lowest BCUT2D eigenvalue weighted by Gasteiger charge is -2.08. The van der Waals surface area contributed by atoms with Gasteiger partial charge < -0.3 is 4.74 Å². The SMILES string of the molecule is O=C(Cc1c(F)ccc(Br)c1F)CC1CCOC1. The summed E-state index contributed by atoms with van der Waals surface area (Å²) >= 11 is 2.99. The summed E-state index contributed by atoms with van der Waals surface area (Å²) in [5.41, 5.74) is -0.159. The van der Waals surface area contributed by atoms with Crippen molar-refractivity contribution in [1.82, 2.24) is 0 Å². The van der Waals surface area contributed by atoms with Crippen LogP contribution in [0.1, 0.15) is 18.4 Å². The first-order valence-corrected chi connectivity index (χ1v) is 6.59. The molecule has 0 bridgehead atoms. The van der Waals surface area contributed by atoms with E-state index in [0.29, 0.717) is 19.6 Å². The number of halogens is 3. The molecule has 5 heteroatoms. The molecule has 1 atom stereocenters. The van der Waals surface area contributed by atoms with Crippen molar-refractivity contribution < 1.29 is 18.3 Å². The van der Waals surface area contributed by atoms with E-state index in [1.54, 1.807) is 0 Å². The lowest BCUT2D eigenvalue weighted by Crippen LogP contribution is -2.12. The number of carbonyl (C=O) groups excluding carboxylic acids is 1. The van der Waals surface area contributed by atoms with Gasteiger partial charge in [-0.3, -0.25) is 4.79 Å². The number of hydrogen-bond acceptors (Lipinski definition) is 2. The maximum Gasteiger partial charge on any atom is 0.143 e. The number of rotatable bonds is 4. The Bertz CT molecular complexity index is 457. The van der Waals surface area contributed by atoms with Crippen LogP contribution in [-0.2, 0) is 16.0 Å². The Morgan fingerprint density at radius 1 is 1.44 bits per heavy atom. The van der Waals surface area contributed by atoms with Gasteiger partial charge in [0.05, 0.1) is 4.47 Å². The van der Waals surface area contributed by atoms with Crippen LogP contribution in [0, 0.1) is 17.6 Å². The Morgan fingerprint density at radius 3 is 2.89 bits per heavy atom. The summed E-state index contributed by atoms with van der Waals surface area (Å²) < 4.78 is 32.5. The summed E-state index contributed by atoms with van der Waals surface area (Å²) in [4.78, 5) is 11.8. The quantitative estimate of drug-likeness (QED) is 0.796. The molecule has 1 aromatic carbocycles. The molecule has 98 valence electrons. The van der Waals surface area contributed by atoms with E-state index in [1.165, 1.54) is 6.07 Å². The van der Waals surface area contributed by atoms with Crippen LogP contribution in [0.3, 0.4) is 0 Å². The lowest BCUT2D eigenvalue weighted by atomic mass is 9.97. The predicted octanol–water partition coefficient (Wildman–Crippen LogP) is 3.27. The van der Waals surface area contributed by atoms with Crippen molar-refractivity contribution in [2.75, 3.05) is 13.2 Å². The van der Waals surface area contributed by atoms with Crippen molar-refractivity contribution in [2.45, 2.75) is 19.3 Å². The van der Waals surface area contributed by atoms with Crippen LogP contribution in [0.5, 0.6) is 0 Å². The number of benzene rings is 1. The van der Waals surface area contributed by atoms with E-state index in [2.05, 4.69) is 15.9 Å². The molecule has 0 aliphatic carbocycles. The number of ether oxygens (including phenoxy) is 1. The summed E-state index contributed by atoms with van der Waals surface area (Å²) in [5, 5.41) is 0. The molecule has 1 aromatic rings. The number of hydrogen-bond donors (Lipinski definition) is 0. The van der Waals surface area contributed by atoms with Gasteiger partial charge in [-0.1, -0.05) is 0 Å². The zero-order valence-corrected chi connectivity index (χ0v) is 11.3. The molecule has 1 saturated heterocycles. The van der Waals surface area contributed by atoms with E-state index in [1.807, 2.05) is 0 Å². The molecule has 1 aliphatic heterocycles. The highest BCUT2D eigenvalue weighted by atomic mass is 79.9. The maximum atomic E-state index is 13.7. The molecule has 0 spiro atoms. The van der Waals surface area contributed by atoms with E-state index in [0.717, 1.165) is 12.5 Å². The van der Waals surface area contributed by atoms with Crippen LogP contribution in [0.2, 0.25) is 0 Å². The van der Waals surface area contributed by atoms with Crippen LogP contribution >= 0.6 is 15.9 Å². The minimum Gasteiger partial charge on any atom is -0.381 e. The van der Waals surface area contributed by atoms with E-state index >= 15 is 0 Å². The minimum atomic E-state index is -0.689. The second-order valence-corrected chi connectivity index (χ2v) is 5.33. The van der Waals surface area contributed by atoms with Gasteiger partial charge in [-0.25, -0.2) is 8.78 Å². The number of carbonyl (C=O) groups is 1. The first kappa shape index (κ1) is 13.6. The van der Waals surface area contributed by atoms with E-state index in [-0.39, 0.29) is 28.2 Å². The normalized spacial score (nSPS) is 19.2. The fraction of sp³-hybridized carbons (Fsp3) is 0.462. The molecule has 0 N–H and O–H groups in total. The average Bonchev–Trinajstić information content (AvgIpc) is 2.82. The van der Waals surface area contributed by atoms with Crippen molar-refractivity contribution in [2.24, 2.45) is 5.92 Å². The molecule has 2 nitrogen and oxygen atoms in total. The molecule has 1 fully saturated rings. The summed E-state index contributed by atoms with van der Waals surface area (Å²) in [6, 6.07) is 2.46. The van der Waals surface area contributed by atoms with Gasteiger partial charge >= 0.3 is 0 Å². The molecule has 0 saturated carbocycles. The Kier molecular flexibility index (Phi) is 4.45. The van der Waals surface area contributed by atoms with Crippen LogP contribution in [-0.4, -0.2) is 19.0 Å². The smallest absolute Gasteiger partial charge is 0.143 e. The van der Waals surface area contributed by atoms with Gasteiger partial charge in [-0.2, -0.15) is 0 Å². The molecule has 0 aromatic heterocycles. The van der Waals surface area contributed by atoms with Crippen LogP contribution in [0.25, 0.3) is 0 Å². The van der Waals surface area contributed by atoms with E-state index in [4.69, 9.17) is 4.74 Å². The van der Waals surface area contributed by atoms with Crippen LogP contribution in [0.15, 0.2) is 16.6 Å². The van der Waals surface area contributed by atoms with Crippen molar-refractivity contribution in [3.8, 4) is 0 Å². The first-order valence-electron chi connectivity index (χ1n) is 5.79. The number of ketones is 1. The minimum absolute atomic E-state index is 0.151. The van der Waals surface area contributed by atoms with Crippen molar-refractivity contribution in [3.05, 3.63) is 33.8 Å². The maximum absolute atomic E-state index is 13.7. The van der Waals surface area contributed by atoms with Crippen LogP contribution in [0.4, 0.5) is 8.78 Å². The molecule has 1 aliphatic rings. The topological polar surface area (TPSA) is 26.3 Å². The molecular formula is C13H13BrF2O2. The standard InChI is InChI=1S/C13H13BrF2O2/c14-11-1-2-12(15)10(13(11)16)6-9(17)5-8-3-4-18-7-8/h1-2,8H,3-7H2. The monoisotopic (exact) mass is 318 g/mol. The predicted molar refractivity (Wildman–Crippen MR) is 66.3 cm³/mol. The highest BCUT2D eigenvalue weighted by molar-refractivity contribution is 9.10. The Hall–Kier alpha value is -0.810. The zero-order chi connectivity index (χ0) is 13.1. The van der Waals surface area contributed by atoms with Crippen molar-refractivity contribution in [1.29, 1.82) is 0 Å². The third kappa shape index (κ3) is 3.14. The van der Waals surface area contributed by atoms with Gasteiger partial charge in [0.15, 0.2) is 0 Å². The molecule has 1 unspecified atom stereocenters. The average molecular weight is 319 g/mol. The lowest BCUT2D eigenvalue weighted by molar-refractivity contribution is -0.119. The second kappa shape index (κ2) is 5.89. The zero-order valence-electron chi connectivity index (χ0n) is 9.72. The third-order valence-electron chi connectivity index (χ3n) is 3.05. The first-order chi connectivity index (χ1) is 8.58. The Morgan fingerprint density at radius 2 is 2.22 bits per heavy atom. The van der Waals surface area contributed by atoms with Crippen molar-refractivity contribution >= 4 is 21.7 Å². The Balaban J connectivity index is 2.04. The van der Waals surface area contributed by atoms with E-state index in [9.17, 15) is 13.6 Å². The summed E-state index contributed by atoms with van der Waals surface area (Å²) in [5.74, 6) is -1.32. The summed E-state index contributed by atoms with van der Waals surface area (Å²) in [7, 11) is 0. The summed E-state index contributed by atoms with van der Waals surface area (Å²) in [6.07, 6.45) is 0.966. The highest BCUT2D eigenvalue weighted by Gasteiger charge is 2.21. The molecule has 0 amide bonds. The second-order valence-electron chi connectivity index (χ2n) is 4.47. The number of Topliss-reactive ketones (excluding diaryl/α,β-unsaturated/α-hetero) is 1. The van der Waals surface area contributed by atoms with Gasteiger partial charge in [0.2, 0.25) is 0 Å². The fourth-order valence-electron chi connectivity index (χ4n) is 2.07. The van der Waals surface area contributed by atoms with Gasteiger partial charge in [-0.15, -0.1) is 0 Å². The molecule has 0 radical (unpaired) electrons. The van der Waals surface area contributed by atoms with Crippen LogP contribution < -0.4 is 0 Å². The highest BCUT2D eigenvalue weighted by Crippen LogP contribution is 2.24. The molecule has 18 heavy (non-hydrogen) atoms. The molecular weight excluding hydrogens is 306 g/mol. The van der Waals surface area contributed by atoms with Gasteiger partial charge in [-0.05, 0) is 40.4 Å². The third-order valence-corrected chi connectivity index (χ3v) is 3.67. The van der Waals surface area contributed by atoms with Gasteiger partial charge in [0, 0.05) is 31.6 Å².